The highest BCUT2D eigenvalue weighted by Crippen LogP contribution is 2.25. The van der Waals surface area contributed by atoms with Crippen molar-refractivity contribution in [2.75, 3.05) is 6.67 Å². The van der Waals surface area contributed by atoms with Gasteiger partial charge in [0.1, 0.15) is 5.82 Å². The van der Waals surface area contributed by atoms with Crippen molar-refractivity contribution in [3.8, 4) is 0 Å². The number of nitrogens with zero attached hydrogens (tertiary/aromatic N) is 1. The van der Waals surface area contributed by atoms with Gasteiger partial charge in [-0.1, -0.05) is 11.6 Å². The Morgan fingerprint density at radius 2 is 2.17 bits per heavy atom. The summed E-state index contributed by atoms with van der Waals surface area (Å²) in [5.41, 5.74) is 1.43. The van der Waals surface area contributed by atoms with E-state index in [1.165, 1.54) is 19.2 Å². The standard InChI is InChI=1S/C15H11ClFN3O.C2H5F/c16-12-8-19-14-5-13(17)10(4-11(12)14)7-20-15(21)9-2-1-3-18-6-9;1-2-3/h1-6,8,19H,7H2,(H,20,21);2H2,1H3. The molecule has 3 aromatic rings. The van der Waals surface area contributed by atoms with Gasteiger partial charge < -0.3 is 10.3 Å². The molecule has 0 unspecified atom stereocenters. The summed E-state index contributed by atoms with van der Waals surface area (Å²) < 4.78 is 24.2. The van der Waals surface area contributed by atoms with Crippen LogP contribution in [0.15, 0.2) is 42.9 Å². The van der Waals surface area contributed by atoms with Crippen LogP contribution in [0.1, 0.15) is 22.8 Å². The molecule has 0 aliphatic heterocycles. The first-order valence-corrected chi connectivity index (χ1v) is 7.63. The molecular formula is C17H16ClF2N3O. The fourth-order valence-electron chi connectivity index (χ4n) is 2.06. The molecule has 0 atom stereocenters. The van der Waals surface area contributed by atoms with Crippen LogP contribution in [-0.4, -0.2) is 22.5 Å². The lowest BCUT2D eigenvalue weighted by Crippen LogP contribution is -2.23. The minimum Gasteiger partial charge on any atom is -0.360 e. The van der Waals surface area contributed by atoms with Crippen molar-refractivity contribution in [3.63, 3.8) is 0 Å². The molecule has 4 nitrogen and oxygen atoms in total. The minimum absolute atomic E-state index is 0.0804. The van der Waals surface area contributed by atoms with Crippen molar-refractivity contribution in [2.45, 2.75) is 13.5 Å². The molecule has 24 heavy (non-hydrogen) atoms. The Bertz CT molecular complexity index is 821. The van der Waals surface area contributed by atoms with Gasteiger partial charge in [0, 0.05) is 41.6 Å². The molecule has 0 saturated carbocycles. The van der Waals surface area contributed by atoms with E-state index in [9.17, 15) is 13.6 Å². The molecule has 0 spiro atoms. The minimum atomic E-state index is -0.396. The summed E-state index contributed by atoms with van der Waals surface area (Å²) in [6.07, 6.45) is 4.64. The van der Waals surface area contributed by atoms with Gasteiger partial charge in [0.15, 0.2) is 0 Å². The van der Waals surface area contributed by atoms with E-state index in [2.05, 4.69) is 15.3 Å². The second-order valence-corrected chi connectivity index (χ2v) is 5.22. The van der Waals surface area contributed by atoms with Crippen LogP contribution in [0.5, 0.6) is 0 Å². The number of carbonyl (C=O) groups is 1. The van der Waals surface area contributed by atoms with Gasteiger partial charge >= 0.3 is 0 Å². The number of benzene rings is 1. The number of amides is 1. The van der Waals surface area contributed by atoms with E-state index < -0.39 is 5.82 Å². The Balaban J connectivity index is 0.000000647. The Kier molecular flexibility index (Phi) is 6.26. The maximum Gasteiger partial charge on any atom is 0.253 e. The average molecular weight is 352 g/mol. The van der Waals surface area contributed by atoms with Crippen LogP contribution in [0, 0.1) is 5.82 Å². The maximum atomic E-state index is 14.0. The molecule has 0 radical (unpaired) electrons. The third-order valence-electron chi connectivity index (χ3n) is 3.16. The number of nitrogens with one attached hydrogen (secondary N) is 2. The summed E-state index contributed by atoms with van der Waals surface area (Å²) in [6, 6.07) is 6.31. The number of carbonyl (C=O) groups excluding carboxylic acids is 1. The molecule has 1 aromatic carbocycles. The molecule has 2 aromatic heterocycles. The molecular weight excluding hydrogens is 336 g/mol. The van der Waals surface area contributed by atoms with Gasteiger partial charge in [-0.05, 0) is 31.2 Å². The van der Waals surface area contributed by atoms with Crippen molar-refractivity contribution in [1.29, 1.82) is 0 Å². The molecule has 2 N–H and O–H groups in total. The number of H-pyrrole nitrogens is 1. The van der Waals surface area contributed by atoms with Crippen molar-refractivity contribution >= 4 is 28.4 Å². The van der Waals surface area contributed by atoms with Crippen LogP contribution in [0.25, 0.3) is 10.9 Å². The van der Waals surface area contributed by atoms with Gasteiger partial charge in [-0.3, -0.25) is 14.2 Å². The first-order chi connectivity index (χ1) is 11.6. The van der Waals surface area contributed by atoms with Crippen LogP contribution in [0.3, 0.4) is 0 Å². The molecule has 0 fully saturated rings. The quantitative estimate of drug-likeness (QED) is 0.740. The highest BCUT2D eigenvalue weighted by Gasteiger charge is 2.10. The van der Waals surface area contributed by atoms with Crippen LogP contribution in [-0.2, 0) is 6.54 Å². The zero-order valence-corrected chi connectivity index (χ0v) is 13.7. The van der Waals surface area contributed by atoms with Crippen molar-refractivity contribution < 1.29 is 13.6 Å². The molecule has 2 heterocycles. The average Bonchev–Trinajstić information content (AvgIpc) is 2.94. The van der Waals surface area contributed by atoms with Gasteiger partial charge in [0.2, 0.25) is 0 Å². The summed E-state index contributed by atoms with van der Waals surface area (Å²) in [6.45, 7) is 1.29. The van der Waals surface area contributed by atoms with Crippen molar-refractivity contribution in [1.82, 2.24) is 15.3 Å². The number of pyridine rings is 1. The maximum absolute atomic E-state index is 14.0. The first kappa shape index (κ1) is 17.9. The molecule has 0 bridgehead atoms. The Labute approximate surface area is 142 Å². The zero-order chi connectivity index (χ0) is 17.5. The van der Waals surface area contributed by atoms with E-state index in [0.29, 0.717) is 21.7 Å². The van der Waals surface area contributed by atoms with E-state index >= 15 is 0 Å². The van der Waals surface area contributed by atoms with Crippen LogP contribution < -0.4 is 5.32 Å². The highest BCUT2D eigenvalue weighted by molar-refractivity contribution is 6.35. The number of hydrogen-bond acceptors (Lipinski definition) is 2. The number of aromatic nitrogens is 2. The van der Waals surface area contributed by atoms with Crippen LogP contribution >= 0.6 is 11.6 Å². The van der Waals surface area contributed by atoms with E-state index in [0.717, 1.165) is 5.39 Å². The predicted octanol–water partition coefficient (Wildman–Crippen LogP) is 4.26. The third kappa shape index (κ3) is 4.29. The summed E-state index contributed by atoms with van der Waals surface area (Å²) in [4.78, 5) is 18.7. The van der Waals surface area contributed by atoms with Gasteiger partial charge in [-0.2, -0.15) is 0 Å². The molecule has 0 saturated heterocycles. The van der Waals surface area contributed by atoms with Crippen LogP contribution in [0.2, 0.25) is 5.02 Å². The van der Waals surface area contributed by atoms with Gasteiger partial charge in [-0.25, -0.2) is 4.39 Å². The molecule has 3 rings (SSSR count). The molecule has 7 heteroatoms. The van der Waals surface area contributed by atoms with E-state index in [1.807, 2.05) is 0 Å². The molecule has 0 aliphatic rings. The topological polar surface area (TPSA) is 57.8 Å². The number of fused-ring (bicyclic) bond motifs is 1. The zero-order valence-electron chi connectivity index (χ0n) is 12.9. The first-order valence-electron chi connectivity index (χ1n) is 7.26. The largest absolute Gasteiger partial charge is 0.360 e. The lowest BCUT2D eigenvalue weighted by atomic mass is 10.1. The lowest BCUT2D eigenvalue weighted by molar-refractivity contribution is 0.0950. The SMILES string of the molecule is CCF.O=C(NCc1cc2c(Cl)c[nH]c2cc1F)c1cccnc1. The molecule has 126 valence electrons. The Hall–Kier alpha value is -2.47. The number of rotatable bonds is 3. The summed E-state index contributed by atoms with van der Waals surface area (Å²) >= 11 is 6.01. The third-order valence-corrected chi connectivity index (χ3v) is 3.47. The summed E-state index contributed by atoms with van der Waals surface area (Å²) in [5.74, 6) is -0.699. The summed E-state index contributed by atoms with van der Waals surface area (Å²) in [7, 11) is 0. The van der Waals surface area contributed by atoms with E-state index in [1.54, 1.807) is 30.6 Å². The highest BCUT2D eigenvalue weighted by atomic mass is 35.5. The van der Waals surface area contributed by atoms with Crippen molar-refractivity contribution in [3.05, 3.63) is 64.8 Å². The molecule has 1 amide bonds. The normalized spacial score (nSPS) is 10.2. The number of alkyl halides is 1. The van der Waals surface area contributed by atoms with Gasteiger partial charge in [-0.15, -0.1) is 0 Å². The van der Waals surface area contributed by atoms with Crippen molar-refractivity contribution in [2.24, 2.45) is 0 Å². The van der Waals surface area contributed by atoms with E-state index in [-0.39, 0.29) is 19.1 Å². The summed E-state index contributed by atoms with van der Waals surface area (Å²) in [5, 5.41) is 3.90. The van der Waals surface area contributed by atoms with E-state index in [4.69, 9.17) is 11.6 Å². The second kappa shape index (κ2) is 8.40. The fourth-order valence-corrected chi connectivity index (χ4v) is 2.27. The van der Waals surface area contributed by atoms with Crippen LogP contribution in [0.4, 0.5) is 8.78 Å². The number of halogens is 3. The lowest BCUT2D eigenvalue weighted by Gasteiger charge is -2.07. The molecule has 0 aliphatic carbocycles. The van der Waals surface area contributed by atoms with Gasteiger partial charge in [0.25, 0.3) is 5.91 Å². The second-order valence-electron chi connectivity index (χ2n) is 4.82. The van der Waals surface area contributed by atoms with Gasteiger partial charge in [0.05, 0.1) is 17.3 Å². The monoisotopic (exact) mass is 351 g/mol. The number of hydrogen-bond donors (Lipinski definition) is 2. The fraction of sp³-hybridized carbons (Fsp3) is 0.176. The number of aromatic amines is 1. The Morgan fingerprint density at radius 3 is 2.83 bits per heavy atom. The Morgan fingerprint density at radius 1 is 1.42 bits per heavy atom. The smallest absolute Gasteiger partial charge is 0.253 e. The predicted molar refractivity (Wildman–Crippen MR) is 90.3 cm³/mol.